The van der Waals surface area contributed by atoms with E-state index in [2.05, 4.69) is 10.3 Å². The van der Waals surface area contributed by atoms with Crippen LogP contribution in [0.1, 0.15) is 23.0 Å². The third kappa shape index (κ3) is 4.03. The minimum atomic E-state index is -0.274. The fourth-order valence-corrected chi connectivity index (χ4v) is 3.35. The second kappa shape index (κ2) is 7.87. The van der Waals surface area contributed by atoms with Gasteiger partial charge >= 0.3 is 0 Å². The van der Waals surface area contributed by atoms with E-state index in [1.807, 2.05) is 38.1 Å². The maximum Gasteiger partial charge on any atom is 0.270 e. The van der Waals surface area contributed by atoms with Gasteiger partial charge in [0.2, 0.25) is 5.91 Å². The lowest BCUT2D eigenvalue weighted by Crippen LogP contribution is -2.38. The first-order chi connectivity index (χ1) is 14.0. The van der Waals surface area contributed by atoms with E-state index in [1.54, 1.807) is 18.2 Å². The number of ether oxygens (including phenoxy) is 2. The smallest absolute Gasteiger partial charge is 0.270 e. The Kier molecular flexibility index (Phi) is 5.12. The molecule has 0 atom stereocenters. The maximum absolute atomic E-state index is 12.9. The van der Waals surface area contributed by atoms with Crippen LogP contribution < -0.4 is 14.8 Å². The summed E-state index contributed by atoms with van der Waals surface area (Å²) in [7, 11) is 0. The Hall–Kier alpha value is -3.48. The number of carbonyl (C=O) groups excluding carboxylic acids is 2. The lowest BCUT2D eigenvalue weighted by Gasteiger charge is -2.21. The van der Waals surface area contributed by atoms with Crippen LogP contribution in [0.4, 0.5) is 5.69 Å². The number of rotatable bonds is 5. The number of H-pyrrole nitrogens is 1. The van der Waals surface area contributed by atoms with Gasteiger partial charge in [0.05, 0.1) is 0 Å². The van der Waals surface area contributed by atoms with Crippen LogP contribution >= 0.6 is 0 Å². The molecule has 0 spiro atoms. The number of nitrogens with zero attached hydrogens (tertiary/aromatic N) is 1. The average Bonchev–Trinajstić information content (AvgIpc) is 3.14. The Morgan fingerprint density at radius 3 is 2.66 bits per heavy atom. The summed E-state index contributed by atoms with van der Waals surface area (Å²) in [6.07, 6.45) is 0. The average molecular weight is 393 g/mol. The normalized spacial score (nSPS) is 12.6. The third-order valence-corrected chi connectivity index (χ3v) is 4.84. The van der Waals surface area contributed by atoms with Crippen molar-refractivity contribution in [1.29, 1.82) is 0 Å². The first kappa shape index (κ1) is 18.9. The molecule has 2 N–H and O–H groups in total. The molecule has 1 aliphatic heterocycles. The molecule has 0 radical (unpaired) electrons. The van der Waals surface area contributed by atoms with E-state index >= 15 is 0 Å². The van der Waals surface area contributed by atoms with Crippen molar-refractivity contribution >= 4 is 28.4 Å². The number of anilines is 1. The van der Waals surface area contributed by atoms with E-state index in [9.17, 15) is 9.59 Å². The summed E-state index contributed by atoms with van der Waals surface area (Å²) in [5.74, 6) is 0.780. The van der Waals surface area contributed by atoms with Gasteiger partial charge in [-0.15, -0.1) is 0 Å². The van der Waals surface area contributed by atoms with Crippen molar-refractivity contribution in [3.63, 3.8) is 0 Å². The van der Waals surface area contributed by atoms with Gasteiger partial charge in [0.15, 0.2) is 11.5 Å². The van der Waals surface area contributed by atoms with E-state index < -0.39 is 0 Å². The molecular formula is C22H23N3O4. The zero-order valence-electron chi connectivity index (χ0n) is 16.5. The number of amides is 2. The lowest BCUT2D eigenvalue weighted by molar-refractivity contribution is -0.116. The Balaban J connectivity index is 1.44. The van der Waals surface area contributed by atoms with Crippen molar-refractivity contribution in [3.05, 3.63) is 53.7 Å². The van der Waals surface area contributed by atoms with Crippen molar-refractivity contribution in [1.82, 2.24) is 9.88 Å². The Morgan fingerprint density at radius 1 is 1.07 bits per heavy atom. The van der Waals surface area contributed by atoms with Gasteiger partial charge in [0.25, 0.3) is 5.91 Å². The van der Waals surface area contributed by atoms with Gasteiger partial charge in [0, 0.05) is 29.2 Å². The number of hydrogen-bond acceptors (Lipinski definition) is 4. The molecule has 2 amide bonds. The number of aromatic nitrogens is 1. The summed E-state index contributed by atoms with van der Waals surface area (Å²) in [4.78, 5) is 30.1. The van der Waals surface area contributed by atoms with Gasteiger partial charge in [0.1, 0.15) is 25.5 Å². The van der Waals surface area contributed by atoms with E-state index in [0.29, 0.717) is 42.6 Å². The maximum atomic E-state index is 12.9. The fourth-order valence-electron chi connectivity index (χ4n) is 3.35. The van der Waals surface area contributed by atoms with Crippen LogP contribution in [0, 0.1) is 6.92 Å². The highest BCUT2D eigenvalue weighted by Crippen LogP contribution is 2.32. The number of nitrogens with one attached hydrogen (secondary N) is 2. The number of carbonyl (C=O) groups is 2. The topological polar surface area (TPSA) is 83.7 Å². The highest BCUT2D eigenvalue weighted by Gasteiger charge is 2.20. The molecule has 7 nitrogen and oxygen atoms in total. The lowest BCUT2D eigenvalue weighted by atomic mass is 10.2. The zero-order chi connectivity index (χ0) is 20.4. The van der Waals surface area contributed by atoms with E-state index in [1.165, 1.54) is 4.90 Å². The molecule has 7 heteroatoms. The Morgan fingerprint density at radius 2 is 1.86 bits per heavy atom. The van der Waals surface area contributed by atoms with Crippen molar-refractivity contribution in [3.8, 4) is 11.5 Å². The van der Waals surface area contributed by atoms with Crippen molar-refractivity contribution in [2.24, 2.45) is 0 Å². The van der Waals surface area contributed by atoms with Gasteiger partial charge in [-0.25, -0.2) is 0 Å². The highest BCUT2D eigenvalue weighted by molar-refractivity contribution is 6.01. The van der Waals surface area contributed by atoms with E-state index in [4.69, 9.17) is 9.47 Å². The minimum Gasteiger partial charge on any atom is -0.486 e. The van der Waals surface area contributed by atoms with Crippen molar-refractivity contribution in [2.45, 2.75) is 13.8 Å². The quantitative estimate of drug-likeness (QED) is 0.696. The Bertz CT molecular complexity index is 1070. The summed E-state index contributed by atoms with van der Waals surface area (Å²) < 4.78 is 11.0. The zero-order valence-corrected chi connectivity index (χ0v) is 16.5. The molecule has 1 aromatic heterocycles. The number of hydrogen-bond donors (Lipinski definition) is 2. The van der Waals surface area contributed by atoms with Crippen molar-refractivity contribution < 1.29 is 19.1 Å². The summed E-state index contributed by atoms with van der Waals surface area (Å²) in [6.45, 7) is 5.22. The molecule has 1 aliphatic rings. The Labute approximate surface area is 168 Å². The monoisotopic (exact) mass is 393 g/mol. The third-order valence-electron chi connectivity index (χ3n) is 4.84. The summed E-state index contributed by atoms with van der Waals surface area (Å²) in [5.41, 5.74) is 3.10. The molecule has 0 fully saturated rings. The molecular weight excluding hydrogens is 370 g/mol. The van der Waals surface area contributed by atoms with Crippen LogP contribution in [-0.2, 0) is 4.79 Å². The second-order valence-corrected chi connectivity index (χ2v) is 7.00. The second-order valence-electron chi connectivity index (χ2n) is 7.00. The first-order valence-electron chi connectivity index (χ1n) is 9.61. The number of fused-ring (bicyclic) bond motifs is 2. The predicted octanol–water partition coefficient (Wildman–Crippen LogP) is 3.35. The standard InChI is InChI=1S/C22H23N3O4/c1-3-25(22(27)18-11-15-5-4-14(2)10-17(15)24-18)13-21(26)23-16-6-7-19-20(12-16)29-9-8-28-19/h4-7,10-12,24H,3,8-9,13H2,1-2H3,(H,23,26). The summed E-state index contributed by atoms with van der Waals surface area (Å²) >= 11 is 0. The van der Waals surface area contributed by atoms with Crippen LogP contribution in [-0.4, -0.2) is 48.0 Å². The molecule has 0 bridgehead atoms. The van der Waals surface area contributed by atoms with Gasteiger partial charge in [-0.3, -0.25) is 9.59 Å². The van der Waals surface area contributed by atoms with Crippen LogP contribution in [0.2, 0.25) is 0 Å². The first-order valence-corrected chi connectivity index (χ1v) is 9.61. The molecule has 0 aliphatic carbocycles. The SMILES string of the molecule is CCN(CC(=O)Nc1ccc2c(c1)OCCO2)C(=O)c1cc2ccc(C)cc2[nH]1. The molecule has 0 unspecified atom stereocenters. The highest BCUT2D eigenvalue weighted by atomic mass is 16.6. The van der Waals surface area contributed by atoms with E-state index in [-0.39, 0.29) is 18.4 Å². The largest absolute Gasteiger partial charge is 0.486 e. The molecule has 150 valence electrons. The summed E-state index contributed by atoms with van der Waals surface area (Å²) in [5, 5.41) is 3.79. The molecule has 0 saturated carbocycles. The van der Waals surface area contributed by atoms with Gasteiger partial charge < -0.3 is 24.7 Å². The number of aryl methyl sites for hydroxylation is 1. The van der Waals surface area contributed by atoms with Gasteiger partial charge in [-0.1, -0.05) is 12.1 Å². The number of likely N-dealkylation sites (N-methyl/N-ethyl adjacent to an activating group) is 1. The molecule has 3 aromatic rings. The molecule has 0 saturated heterocycles. The van der Waals surface area contributed by atoms with Crippen LogP contribution in [0.5, 0.6) is 11.5 Å². The van der Waals surface area contributed by atoms with Crippen LogP contribution in [0.15, 0.2) is 42.5 Å². The molecule has 4 rings (SSSR count). The van der Waals surface area contributed by atoms with Crippen LogP contribution in [0.25, 0.3) is 10.9 Å². The van der Waals surface area contributed by atoms with Gasteiger partial charge in [-0.05, 0) is 43.7 Å². The molecule has 2 heterocycles. The number of aromatic amines is 1. The molecule has 29 heavy (non-hydrogen) atoms. The van der Waals surface area contributed by atoms with Crippen LogP contribution in [0.3, 0.4) is 0 Å². The number of benzene rings is 2. The minimum absolute atomic E-state index is 0.0435. The fraction of sp³-hybridized carbons (Fsp3) is 0.273. The van der Waals surface area contributed by atoms with E-state index in [0.717, 1.165) is 16.5 Å². The van der Waals surface area contributed by atoms with Crippen molar-refractivity contribution in [2.75, 3.05) is 31.6 Å². The summed E-state index contributed by atoms with van der Waals surface area (Å²) in [6, 6.07) is 13.0. The van der Waals surface area contributed by atoms with Gasteiger partial charge in [-0.2, -0.15) is 0 Å². The predicted molar refractivity (Wildman–Crippen MR) is 111 cm³/mol. The molecule has 2 aromatic carbocycles.